The maximum Gasteiger partial charge on any atom is 0.331 e. The number of hydrogen-bond acceptors (Lipinski definition) is 4. The van der Waals surface area contributed by atoms with Gasteiger partial charge in [-0.25, -0.2) is 4.79 Å². The first-order chi connectivity index (χ1) is 15.3. The second kappa shape index (κ2) is 10.6. The smallest absolute Gasteiger partial charge is 0.331 e. The summed E-state index contributed by atoms with van der Waals surface area (Å²) >= 11 is 12.1. The average Bonchev–Trinajstić information content (AvgIpc) is 2.78. The topological polar surface area (TPSA) is 73.7 Å². The summed E-state index contributed by atoms with van der Waals surface area (Å²) in [6.45, 7) is 0.698. The maximum atomic E-state index is 13.6. The third-order valence-corrected chi connectivity index (χ3v) is 5.72. The number of carbonyl (C=O) groups excluding carboxylic acids is 1. The second-order valence-corrected chi connectivity index (χ2v) is 8.35. The molecule has 1 N–H and O–H groups in total. The highest BCUT2D eigenvalue weighted by Crippen LogP contribution is 2.30. The van der Waals surface area contributed by atoms with Crippen LogP contribution in [0.3, 0.4) is 0 Å². The molecule has 3 rings (SSSR count). The van der Waals surface area contributed by atoms with Crippen molar-refractivity contribution in [3.8, 4) is 11.1 Å². The van der Waals surface area contributed by atoms with E-state index in [9.17, 15) is 14.7 Å². The van der Waals surface area contributed by atoms with Gasteiger partial charge < -0.3 is 14.9 Å². The lowest BCUT2D eigenvalue weighted by Crippen LogP contribution is -2.42. The SMILES string of the molecule is CN(C)CCN(C(=O)c1cccc(-c2ccncc2)c1)C(C(=O)O)c1ccc(Cl)c(Cl)c1. The van der Waals surface area contributed by atoms with Crippen LogP contribution in [-0.2, 0) is 4.79 Å². The number of amides is 1. The first kappa shape index (κ1) is 23.7. The molecule has 2 aromatic carbocycles. The molecule has 0 aliphatic carbocycles. The minimum Gasteiger partial charge on any atom is -0.479 e. The molecule has 8 heteroatoms. The zero-order valence-corrected chi connectivity index (χ0v) is 19.2. The van der Waals surface area contributed by atoms with Crippen LogP contribution >= 0.6 is 23.2 Å². The highest BCUT2D eigenvalue weighted by Gasteiger charge is 2.32. The molecule has 166 valence electrons. The molecule has 0 aliphatic heterocycles. The Morgan fingerprint density at radius 2 is 1.66 bits per heavy atom. The van der Waals surface area contributed by atoms with Gasteiger partial charge in [-0.15, -0.1) is 0 Å². The van der Waals surface area contributed by atoms with E-state index in [0.29, 0.717) is 22.7 Å². The van der Waals surface area contributed by atoms with E-state index in [1.165, 1.54) is 17.0 Å². The third-order valence-electron chi connectivity index (χ3n) is 4.98. The van der Waals surface area contributed by atoms with Crippen LogP contribution in [0.25, 0.3) is 11.1 Å². The molecular formula is C24H23Cl2N3O3. The number of hydrogen-bond donors (Lipinski definition) is 1. The van der Waals surface area contributed by atoms with Crippen molar-refractivity contribution in [2.24, 2.45) is 0 Å². The first-order valence-corrected chi connectivity index (χ1v) is 10.7. The number of benzene rings is 2. The summed E-state index contributed by atoms with van der Waals surface area (Å²) in [5.41, 5.74) is 2.52. The maximum absolute atomic E-state index is 13.6. The van der Waals surface area contributed by atoms with Gasteiger partial charge in [-0.05, 0) is 67.2 Å². The fourth-order valence-corrected chi connectivity index (χ4v) is 3.64. The van der Waals surface area contributed by atoms with Gasteiger partial charge in [0.15, 0.2) is 6.04 Å². The summed E-state index contributed by atoms with van der Waals surface area (Å²) in [5.74, 6) is -1.54. The lowest BCUT2D eigenvalue weighted by atomic mass is 10.0. The summed E-state index contributed by atoms with van der Waals surface area (Å²) in [7, 11) is 3.73. The van der Waals surface area contributed by atoms with E-state index in [4.69, 9.17) is 23.2 Å². The van der Waals surface area contributed by atoms with Crippen molar-refractivity contribution in [2.45, 2.75) is 6.04 Å². The first-order valence-electron chi connectivity index (χ1n) is 9.92. The average molecular weight is 472 g/mol. The Balaban J connectivity index is 2.03. The van der Waals surface area contributed by atoms with Crippen LogP contribution in [0, 0.1) is 0 Å². The number of carboxylic acid groups (broad SMARTS) is 1. The zero-order chi connectivity index (χ0) is 23.3. The molecule has 1 unspecified atom stereocenters. The van der Waals surface area contributed by atoms with Gasteiger partial charge in [0.1, 0.15) is 0 Å². The molecule has 0 bridgehead atoms. The van der Waals surface area contributed by atoms with Crippen LogP contribution in [0.5, 0.6) is 0 Å². The second-order valence-electron chi connectivity index (χ2n) is 7.53. The Hall–Kier alpha value is -2.93. The van der Waals surface area contributed by atoms with Crippen LogP contribution in [0.15, 0.2) is 67.0 Å². The van der Waals surface area contributed by atoms with Gasteiger partial charge in [0.2, 0.25) is 0 Å². The number of rotatable bonds is 8. The van der Waals surface area contributed by atoms with Crippen LogP contribution in [0.2, 0.25) is 10.0 Å². The van der Waals surface area contributed by atoms with E-state index >= 15 is 0 Å². The summed E-state index contributed by atoms with van der Waals surface area (Å²) in [4.78, 5) is 33.2. The zero-order valence-electron chi connectivity index (χ0n) is 17.7. The van der Waals surface area contributed by atoms with E-state index in [1.54, 1.807) is 36.7 Å². The highest BCUT2D eigenvalue weighted by atomic mass is 35.5. The number of halogens is 2. The van der Waals surface area contributed by atoms with Crippen LogP contribution in [0.4, 0.5) is 0 Å². The van der Waals surface area contributed by atoms with Gasteiger partial charge in [-0.3, -0.25) is 9.78 Å². The monoisotopic (exact) mass is 471 g/mol. The number of aromatic nitrogens is 1. The van der Waals surface area contributed by atoms with Gasteiger partial charge in [0, 0.05) is 31.0 Å². The molecule has 6 nitrogen and oxygen atoms in total. The lowest BCUT2D eigenvalue weighted by molar-refractivity contribution is -0.142. The molecule has 0 radical (unpaired) electrons. The highest BCUT2D eigenvalue weighted by molar-refractivity contribution is 6.42. The number of carboxylic acids is 1. The van der Waals surface area contributed by atoms with E-state index in [2.05, 4.69) is 4.98 Å². The molecule has 0 spiro atoms. The van der Waals surface area contributed by atoms with Gasteiger partial charge in [-0.2, -0.15) is 0 Å². The van der Waals surface area contributed by atoms with Crippen molar-refractivity contribution >= 4 is 35.1 Å². The summed E-state index contributed by atoms with van der Waals surface area (Å²) in [6, 6.07) is 14.2. The number of carbonyl (C=O) groups is 2. The van der Waals surface area contributed by atoms with Crippen molar-refractivity contribution < 1.29 is 14.7 Å². The van der Waals surface area contributed by atoms with Gasteiger partial charge in [0.05, 0.1) is 10.0 Å². The number of nitrogens with zero attached hydrogens (tertiary/aromatic N) is 3. The largest absolute Gasteiger partial charge is 0.479 e. The van der Waals surface area contributed by atoms with Crippen molar-refractivity contribution in [1.29, 1.82) is 0 Å². The molecule has 32 heavy (non-hydrogen) atoms. The normalized spacial score (nSPS) is 11.9. The summed E-state index contributed by atoms with van der Waals surface area (Å²) in [6.07, 6.45) is 3.36. The molecule has 0 saturated heterocycles. The Labute approximate surface area is 197 Å². The fraction of sp³-hybridized carbons (Fsp3) is 0.208. The van der Waals surface area contributed by atoms with E-state index in [0.717, 1.165) is 11.1 Å². The number of pyridine rings is 1. The predicted molar refractivity (Wildman–Crippen MR) is 126 cm³/mol. The Bertz CT molecular complexity index is 1110. The molecular weight excluding hydrogens is 449 g/mol. The predicted octanol–water partition coefficient (Wildman–Crippen LogP) is 4.89. The molecule has 1 amide bonds. The summed E-state index contributed by atoms with van der Waals surface area (Å²) in [5, 5.41) is 10.6. The Kier molecular flexibility index (Phi) is 7.85. The van der Waals surface area contributed by atoms with Crippen LogP contribution in [0.1, 0.15) is 22.0 Å². The molecule has 1 aromatic heterocycles. The Morgan fingerprint density at radius 1 is 0.938 bits per heavy atom. The van der Waals surface area contributed by atoms with E-state index < -0.39 is 12.0 Å². The fourth-order valence-electron chi connectivity index (χ4n) is 3.34. The van der Waals surface area contributed by atoms with Gasteiger partial charge >= 0.3 is 5.97 Å². The number of aliphatic carboxylic acids is 1. The standard InChI is InChI=1S/C24H23Cl2N3O3/c1-28(2)12-13-29(22(24(31)32)18-6-7-20(25)21(26)15-18)23(30)19-5-3-4-17(14-19)16-8-10-27-11-9-16/h3-11,14-15,22H,12-13H2,1-2H3,(H,31,32). The molecule has 0 aliphatic rings. The van der Waals surface area contributed by atoms with Crippen LogP contribution < -0.4 is 0 Å². The molecule has 1 heterocycles. The molecule has 1 atom stereocenters. The van der Waals surface area contributed by atoms with Crippen molar-refractivity contribution in [3.05, 3.63) is 88.2 Å². The quantitative estimate of drug-likeness (QED) is 0.506. The van der Waals surface area contributed by atoms with Crippen LogP contribution in [-0.4, -0.2) is 59.0 Å². The Morgan fingerprint density at radius 3 is 2.28 bits per heavy atom. The van der Waals surface area contributed by atoms with Crippen molar-refractivity contribution in [3.63, 3.8) is 0 Å². The molecule has 0 saturated carbocycles. The van der Waals surface area contributed by atoms with E-state index in [-0.39, 0.29) is 17.5 Å². The molecule has 3 aromatic rings. The van der Waals surface area contributed by atoms with Crippen molar-refractivity contribution in [1.82, 2.24) is 14.8 Å². The van der Waals surface area contributed by atoms with Gasteiger partial charge in [-0.1, -0.05) is 41.4 Å². The molecule has 0 fully saturated rings. The third kappa shape index (κ3) is 5.65. The lowest BCUT2D eigenvalue weighted by Gasteiger charge is -2.31. The minimum absolute atomic E-state index is 0.211. The number of likely N-dealkylation sites (N-methyl/N-ethyl adjacent to an activating group) is 1. The van der Waals surface area contributed by atoms with Gasteiger partial charge in [0.25, 0.3) is 5.91 Å². The van der Waals surface area contributed by atoms with Crippen molar-refractivity contribution in [2.75, 3.05) is 27.2 Å². The summed E-state index contributed by atoms with van der Waals surface area (Å²) < 4.78 is 0. The minimum atomic E-state index is -1.22. The van der Waals surface area contributed by atoms with E-state index in [1.807, 2.05) is 37.2 Å².